The Morgan fingerprint density at radius 3 is 2.35 bits per heavy atom. The van der Waals surface area contributed by atoms with Crippen molar-refractivity contribution in [3.63, 3.8) is 0 Å². The summed E-state index contributed by atoms with van der Waals surface area (Å²) in [5.41, 5.74) is 8.17. The number of benzene rings is 2. The van der Waals surface area contributed by atoms with Gasteiger partial charge in [-0.3, -0.25) is 0 Å². The molecule has 0 radical (unpaired) electrons. The molecule has 4 aromatic rings. The Morgan fingerprint density at radius 1 is 1.00 bits per heavy atom. The molecule has 0 bridgehead atoms. The molecule has 0 unspecified atom stereocenters. The first-order valence-corrected chi connectivity index (χ1v) is 12.6. The van der Waals surface area contributed by atoms with Gasteiger partial charge < -0.3 is 35.7 Å². The van der Waals surface area contributed by atoms with Crippen molar-refractivity contribution < 1.29 is 20.1 Å². The Labute approximate surface area is 215 Å². The van der Waals surface area contributed by atoms with E-state index < -0.39 is 11.6 Å². The lowest BCUT2D eigenvalue weighted by Gasteiger charge is -2.37. The maximum absolute atomic E-state index is 11.1. The van der Waals surface area contributed by atoms with Crippen molar-refractivity contribution in [3.05, 3.63) is 67.1 Å². The van der Waals surface area contributed by atoms with E-state index in [1.807, 2.05) is 54.6 Å². The fourth-order valence-electron chi connectivity index (χ4n) is 5.05. The Kier molecular flexibility index (Phi) is 7.38. The summed E-state index contributed by atoms with van der Waals surface area (Å²) in [6.07, 6.45) is 6.28. The second-order valence-electron chi connectivity index (χ2n) is 9.75. The van der Waals surface area contributed by atoms with Gasteiger partial charge in [-0.1, -0.05) is 30.3 Å². The SMILES string of the molecule is Nc1ncnc2c1c(-c1ccc(Oc3ccccc3)cc1)cn2[C@H]1CC[C@@](O)(CNC(CO)CO)CC1. The maximum atomic E-state index is 11.1. The summed E-state index contributed by atoms with van der Waals surface area (Å²) in [6, 6.07) is 17.3. The van der Waals surface area contributed by atoms with Crippen molar-refractivity contribution in [2.45, 2.75) is 43.4 Å². The predicted molar refractivity (Wildman–Crippen MR) is 142 cm³/mol. The molecule has 0 spiro atoms. The van der Waals surface area contributed by atoms with Crippen LogP contribution in [-0.4, -0.2) is 61.3 Å². The monoisotopic (exact) mass is 503 g/mol. The minimum Gasteiger partial charge on any atom is -0.457 e. The van der Waals surface area contributed by atoms with Crippen molar-refractivity contribution in [1.29, 1.82) is 0 Å². The highest BCUT2D eigenvalue weighted by atomic mass is 16.5. The summed E-state index contributed by atoms with van der Waals surface area (Å²) >= 11 is 0. The van der Waals surface area contributed by atoms with Crippen LogP contribution in [0.1, 0.15) is 31.7 Å². The Bertz CT molecular complexity index is 1310. The lowest BCUT2D eigenvalue weighted by molar-refractivity contribution is -0.0112. The Hall–Kier alpha value is -3.50. The third-order valence-corrected chi connectivity index (χ3v) is 7.22. The van der Waals surface area contributed by atoms with Gasteiger partial charge in [0, 0.05) is 24.3 Å². The number of hydrogen-bond acceptors (Lipinski definition) is 8. The molecule has 2 aromatic carbocycles. The van der Waals surface area contributed by atoms with Gasteiger partial charge in [0.05, 0.1) is 30.2 Å². The molecule has 1 fully saturated rings. The largest absolute Gasteiger partial charge is 0.457 e. The van der Waals surface area contributed by atoms with Gasteiger partial charge in [-0.15, -0.1) is 0 Å². The molecule has 0 amide bonds. The van der Waals surface area contributed by atoms with E-state index in [1.165, 1.54) is 6.33 Å². The van der Waals surface area contributed by atoms with Crippen LogP contribution in [0.5, 0.6) is 11.5 Å². The molecule has 2 aromatic heterocycles. The molecular formula is C28H33N5O4. The summed E-state index contributed by atoms with van der Waals surface area (Å²) < 4.78 is 8.10. The van der Waals surface area contributed by atoms with Gasteiger partial charge in [0.1, 0.15) is 29.3 Å². The second-order valence-corrected chi connectivity index (χ2v) is 9.75. The highest BCUT2D eigenvalue weighted by Crippen LogP contribution is 2.40. The predicted octanol–water partition coefficient (Wildman–Crippen LogP) is 3.26. The minimum atomic E-state index is -0.881. The number of nitrogens with two attached hydrogens (primary N) is 1. The van der Waals surface area contributed by atoms with Gasteiger partial charge in [-0.2, -0.15) is 0 Å². The molecule has 194 valence electrons. The number of nitrogen functional groups attached to an aromatic ring is 1. The molecule has 6 N–H and O–H groups in total. The van der Waals surface area contributed by atoms with Gasteiger partial charge in [-0.25, -0.2) is 9.97 Å². The van der Waals surface area contributed by atoms with Crippen LogP contribution >= 0.6 is 0 Å². The maximum Gasteiger partial charge on any atom is 0.146 e. The van der Waals surface area contributed by atoms with E-state index in [9.17, 15) is 15.3 Å². The Morgan fingerprint density at radius 2 is 1.68 bits per heavy atom. The summed E-state index contributed by atoms with van der Waals surface area (Å²) in [5, 5.41) is 33.5. The molecule has 1 aliphatic carbocycles. The third-order valence-electron chi connectivity index (χ3n) is 7.22. The molecule has 37 heavy (non-hydrogen) atoms. The fourth-order valence-corrected chi connectivity index (χ4v) is 5.05. The molecule has 9 heteroatoms. The number of aliphatic hydroxyl groups excluding tert-OH is 2. The number of para-hydroxylation sites is 1. The number of rotatable bonds is 9. The van der Waals surface area contributed by atoms with Gasteiger partial charge >= 0.3 is 0 Å². The second kappa shape index (κ2) is 10.9. The summed E-state index contributed by atoms with van der Waals surface area (Å²) in [7, 11) is 0. The van der Waals surface area contributed by atoms with Crippen LogP contribution in [0.4, 0.5) is 5.82 Å². The van der Waals surface area contributed by atoms with Crippen molar-refractivity contribution in [1.82, 2.24) is 19.9 Å². The lowest BCUT2D eigenvalue weighted by atomic mass is 9.82. The van der Waals surface area contributed by atoms with Crippen LogP contribution in [0.25, 0.3) is 22.2 Å². The highest BCUT2D eigenvalue weighted by molar-refractivity contribution is 6.00. The van der Waals surface area contributed by atoms with Gasteiger partial charge in [0.15, 0.2) is 0 Å². The lowest BCUT2D eigenvalue weighted by Crippen LogP contribution is -2.48. The molecular weight excluding hydrogens is 470 g/mol. The van der Waals surface area contributed by atoms with Crippen molar-refractivity contribution >= 4 is 16.9 Å². The average molecular weight is 504 g/mol. The van der Waals surface area contributed by atoms with E-state index in [0.29, 0.717) is 25.2 Å². The molecule has 1 saturated carbocycles. The number of nitrogens with one attached hydrogen (secondary N) is 1. The summed E-state index contributed by atoms with van der Waals surface area (Å²) in [6.45, 7) is -0.0165. The zero-order valence-corrected chi connectivity index (χ0v) is 20.6. The normalized spacial score (nSPS) is 19.9. The number of ether oxygens (including phenoxy) is 1. The molecule has 5 rings (SSSR count). The molecule has 1 aliphatic rings. The smallest absolute Gasteiger partial charge is 0.146 e. The van der Waals surface area contributed by atoms with E-state index in [1.54, 1.807) is 0 Å². The van der Waals surface area contributed by atoms with E-state index in [2.05, 4.69) is 26.0 Å². The summed E-state index contributed by atoms with van der Waals surface area (Å²) in [5.74, 6) is 1.95. The summed E-state index contributed by atoms with van der Waals surface area (Å²) in [4.78, 5) is 8.82. The fraction of sp³-hybridized carbons (Fsp3) is 0.357. The average Bonchev–Trinajstić information content (AvgIpc) is 3.32. The molecule has 2 heterocycles. The topological polar surface area (TPSA) is 139 Å². The number of nitrogens with zero attached hydrogens (tertiary/aromatic N) is 3. The highest BCUT2D eigenvalue weighted by Gasteiger charge is 2.35. The molecule has 0 atom stereocenters. The van der Waals surface area contributed by atoms with Crippen LogP contribution in [0, 0.1) is 0 Å². The number of anilines is 1. The minimum absolute atomic E-state index is 0.151. The number of aromatic nitrogens is 3. The van der Waals surface area contributed by atoms with Crippen LogP contribution < -0.4 is 15.8 Å². The standard InChI is InChI=1S/C28H33N5O4/c29-26-25-24(19-6-8-23(9-7-19)37-22-4-2-1-3-5-22)14-33(27(25)32-18-31-26)21-10-12-28(36,13-11-21)17-30-20(15-34)16-35/h1-9,14,18,20-21,30,34-36H,10-13,15-17H2,(H2,29,31,32)/t21-,28-. The van der Waals surface area contributed by atoms with Gasteiger partial charge in [0.2, 0.25) is 0 Å². The van der Waals surface area contributed by atoms with Crippen LogP contribution in [0.2, 0.25) is 0 Å². The van der Waals surface area contributed by atoms with Crippen LogP contribution in [-0.2, 0) is 0 Å². The van der Waals surface area contributed by atoms with Crippen molar-refractivity contribution in [3.8, 4) is 22.6 Å². The number of hydrogen-bond donors (Lipinski definition) is 5. The third kappa shape index (κ3) is 5.45. The van der Waals surface area contributed by atoms with Gasteiger partial charge in [0.25, 0.3) is 0 Å². The van der Waals surface area contributed by atoms with E-state index in [0.717, 1.165) is 46.5 Å². The molecule has 9 nitrogen and oxygen atoms in total. The first-order chi connectivity index (χ1) is 18.0. The number of aliphatic hydroxyl groups is 3. The zero-order valence-electron chi connectivity index (χ0n) is 20.6. The molecule has 0 saturated heterocycles. The van der Waals surface area contributed by atoms with Gasteiger partial charge in [-0.05, 0) is 55.5 Å². The number of fused-ring (bicyclic) bond motifs is 1. The van der Waals surface area contributed by atoms with E-state index >= 15 is 0 Å². The van der Waals surface area contributed by atoms with Crippen LogP contribution in [0.15, 0.2) is 67.1 Å². The Balaban J connectivity index is 1.37. The van der Waals surface area contributed by atoms with Crippen molar-refractivity contribution in [2.75, 3.05) is 25.5 Å². The van der Waals surface area contributed by atoms with E-state index in [4.69, 9.17) is 10.5 Å². The zero-order chi connectivity index (χ0) is 25.8. The quantitative estimate of drug-likeness (QED) is 0.235. The van der Waals surface area contributed by atoms with Crippen LogP contribution in [0.3, 0.4) is 0 Å². The first kappa shape index (κ1) is 25.2. The van der Waals surface area contributed by atoms with E-state index in [-0.39, 0.29) is 19.3 Å². The molecule has 0 aliphatic heterocycles. The first-order valence-electron chi connectivity index (χ1n) is 12.6. The van der Waals surface area contributed by atoms with Crippen molar-refractivity contribution in [2.24, 2.45) is 0 Å².